The van der Waals surface area contributed by atoms with Gasteiger partial charge >= 0.3 is 0 Å². The number of nitrogens with one attached hydrogen (secondary N) is 1. The Morgan fingerprint density at radius 3 is 2.81 bits per heavy atom. The maximum absolute atomic E-state index is 12.3. The minimum Gasteiger partial charge on any atom is -0.431 e. The summed E-state index contributed by atoms with van der Waals surface area (Å²) in [6, 6.07) is 13.7. The van der Waals surface area contributed by atoms with E-state index < -0.39 is 0 Å². The summed E-state index contributed by atoms with van der Waals surface area (Å²) < 4.78 is 5.80. The average Bonchev–Trinajstić information content (AvgIpc) is 3.04. The second kappa shape index (κ2) is 8.41. The Hall–Kier alpha value is -2.27. The molecule has 0 aliphatic heterocycles. The number of benzene rings is 2. The van der Waals surface area contributed by atoms with E-state index in [-0.39, 0.29) is 5.91 Å². The van der Waals surface area contributed by atoms with Crippen molar-refractivity contribution in [2.75, 3.05) is 6.54 Å². The van der Waals surface area contributed by atoms with Crippen molar-refractivity contribution < 1.29 is 9.21 Å². The Morgan fingerprint density at radius 2 is 2.04 bits per heavy atom. The molecular weight excluding hydrogens is 344 g/mol. The van der Waals surface area contributed by atoms with Crippen LogP contribution in [0.2, 0.25) is 0 Å². The second-order valence-electron chi connectivity index (χ2n) is 6.83. The number of oxazole rings is 1. The van der Waals surface area contributed by atoms with Gasteiger partial charge in [-0.2, -0.15) is 0 Å². The second-order valence-corrected chi connectivity index (χ2v) is 7.76. The SMILES string of the molecule is Cc1cccc2oc(SCc3cccc(C(=O)NCCC(C)C)c3)nc12. The van der Waals surface area contributed by atoms with E-state index in [2.05, 4.69) is 24.1 Å². The van der Waals surface area contributed by atoms with Gasteiger partial charge in [0.1, 0.15) is 5.52 Å². The fourth-order valence-corrected chi connectivity index (χ4v) is 3.43. The summed E-state index contributed by atoms with van der Waals surface area (Å²) in [6.07, 6.45) is 0.985. The zero-order chi connectivity index (χ0) is 18.5. The number of thioether (sulfide) groups is 1. The smallest absolute Gasteiger partial charge is 0.257 e. The molecule has 0 atom stereocenters. The predicted octanol–water partition coefficient (Wildman–Crippen LogP) is 5.20. The highest BCUT2D eigenvalue weighted by Crippen LogP contribution is 2.27. The largest absolute Gasteiger partial charge is 0.431 e. The number of rotatable bonds is 7. The van der Waals surface area contributed by atoms with E-state index in [4.69, 9.17) is 4.42 Å². The molecule has 0 fully saturated rings. The molecule has 136 valence electrons. The zero-order valence-corrected chi connectivity index (χ0v) is 16.2. The van der Waals surface area contributed by atoms with Gasteiger partial charge in [-0.3, -0.25) is 4.79 Å². The molecule has 4 nitrogen and oxygen atoms in total. The van der Waals surface area contributed by atoms with E-state index in [1.807, 2.05) is 49.4 Å². The van der Waals surface area contributed by atoms with Gasteiger partial charge in [-0.25, -0.2) is 4.98 Å². The number of hydrogen-bond donors (Lipinski definition) is 1. The third kappa shape index (κ3) is 4.67. The van der Waals surface area contributed by atoms with Gasteiger partial charge in [-0.15, -0.1) is 0 Å². The molecule has 0 aliphatic carbocycles. The quantitative estimate of drug-likeness (QED) is 0.582. The number of carbonyl (C=O) groups is 1. The lowest BCUT2D eigenvalue weighted by Gasteiger charge is -2.08. The van der Waals surface area contributed by atoms with Crippen LogP contribution >= 0.6 is 11.8 Å². The van der Waals surface area contributed by atoms with Gasteiger partial charge in [0.05, 0.1) is 0 Å². The van der Waals surface area contributed by atoms with Crippen molar-refractivity contribution in [1.29, 1.82) is 0 Å². The van der Waals surface area contributed by atoms with Crippen molar-refractivity contribution in [3.8, 4) is 0 Å². The standard InChI is InChI=1S/C21H24N2O2S/c1-14(2)10-11-22-20(24)17-8-5-7-16(12-17)13-26-21-23-19-15(3)6-4-9-18(19)25-21/h4-9,12,14H,10-11,13H2,1-3H3,(H,22,24). The zero-order valence-electron chi connectivity index (χ0n) is 15.4. The summed E-state index contributed by atoms with van der Waals surface area (Å²) in [6.45, 7) is 7.04. The van der Waals surface area contributed by atoms with Gasteiger partial charge in [0.15, 0.2) is 5.58 Å². The van der Waals surface area contributed by atoms with Crippen LogP contribution < -0.4 is 5.32 Å². The van der Waals surface area contributed by atoms with Crippen molar-refractivity contribution in [2.45, 2.75) is 38.2 Å². The van der Waals surface area contributed by atoms with Crippen molar-refractivity contribution in [1.82, 2.24) is 10.3 Å². The molecule has 0 spiro atoms. The lowest BCUT2D eigenvalue weighted by molar-refractivity contribution is 0.0952. The number of carbonyl (C=O) groups excluding carboxylic acids is 1. The molecule has 3 rings (SSSR count). The first kappa shape index (κ1) is 18.5. The van der Waals surface area contributed by atoms with E-state index in [9.17, 15) is 4.79 Å². The fraction of sp³-hybridized carbons (Fsp3) is 0.333. The number of aromatic nitrogens is 1. The molecule has 1 N–H and O–H groups in total. The van der Waals surface area contributed by atoms with Crippen LogP contribution in [-0.4, -0.2) is 17.4 Å². The molecule has 0 unspecified atom stereocenters. The third-order valence-corrected chi connectivity index (χ3v) is 5.06. The number of fused-ring (bicyclic) bond motifs is 1. The lowest BCUT2D eigenvalue weighted by Crippen LogP contribution is -2.25. The van der Waals surface area contributed by atoms with Crippen molar-refractivity contribution >= 4 is 28.8 Å². The number of nitrogens with zero attached hydrogens (tertiary/aromatic N) is 1. The van der Waals surface area contributed by atoms with Crippen LogP contribution in [0.3, 0.4) is 0 Å². The number of amides is 1. The molecule has 0 saturated heterocycles. The van der Waals surface area contributed by atoms with Gasteiger partial charge in [-0.05, 0) is 48.6 Å². The van der Waals surface area contributed by atoms with Crippen LogP contribution in [0.1, 0.15) is 41.8 Å². The van der Waals surface area contributed by atoms with Crippen molar-refractivity contribution in [3.63, 3.8) is 0 Å². The van der Waals surface area contributed by atoms with Gasteiger partial charge < -0.3 is 9.73 Å². The first-order chi connectivity index (χ1) is 12.5. The predicted molar refractivity (Wildman–Crippen MR) is 107 cm³/mol. The Bertz CT molecular complexity index is 902. The summed E-state index contributed by atoms with van der Waals surface area (Å²) in [7, 11) is 0. The number of para-hydroxylation sites is 1. The Labute approximate surface area is 158 Å². The van der Waals surface area contributed by atoms with Crippen LogP contribution in [0.5, 0.6) is 0 Å². The summed E-state index contributed by atoms with van der Waals surface area (Å²) in [5, 5.41) is 3.63. The van der Waals surface area contributed by atoms with E-state index in [1.54, 1.807) is 11.8 Å². The summed E-state index contributed by atoms with van der Waals surface area (Å²) in [4.78, 5) is 16.8. The highest BCUT2D eigenvalue weighted by Gasteiger charge is 2.10. The molecule has 1 aromatic heterocycles. The summed E-state index contributed by atoms with van der Waals surface area (Å²) in [5.41, 5.74) is 4.60. The molecule has 1 heterocycles. The number of hydrogen-bond acceptors (Lipinski definition) is 4. The molecule has 0 radical (unpaired) electrons. The minimum absolute atomic E-state index is 0.0185. The Morgan fingerprint density at radius 1 is 1.23 bits per heavy atom. The molecule has 2 aromatic carbocycles. The Kier molecular flexibility index (Phi) is 5.99. The van der Waals surface area contributed by atoms with Crippen LogP contribution in [0, 0.1) is 12.8 Å². The monoisotopic (exact) mass is 368 g/mol. The topological polar surface area (TPSA) is 55.1 Å². The number of aryl methyl sites for hydroxylation is 1. The van der Waals surface area contributed by atoms with Crippen molar-refractivity contribution in [3.05, 3.63) is 59.2 Å². The van der Waals surface area contributed by atoms with Gasteiger partial charge in [0.25, 0.3) is 11.1 Å². The van der Waals surface area contributed by atoms with E-state index in [1.165, 1.54) is 0 Å². The molecule has 26 heavy (non-hydrogen) atoms. The molecule has 0 aliphatic rings. The van der Waals surface area contributed by atoms with Crippen LogP contribution in [0.25, 0.3) is 11.1 Å². The maximum atomic E-state index is 12.3. The highest BCUT2D eigenvalue weighted by atomic mass is 32.2. The van der Waals surface area contributed by atoms with Crippen molar-refractivity contribution in [2.24, 2.45) is 5.92 Å². The van der Waals surface area contributed by atoms with E-state index in [0.717, 1.165) is 28.6 Å². The van der Waals surface area contributed by atoms with Gasteiger partial charge in [0.2, 0.25) is 0 Å². The molecule has 0 bridgehead atoms. The minimum atomic E-state index is -0.0185. The van der Waals surface area contributed by atoms with Gasteiger partial charge in [0, 0.05) is 17.9 Å². The fourth-order valence-electron chi connectivity index (χ4n) is 2.65. The molecule has 0 saturated carbocycles. The van der Waals surface area contributed by atoms with E-state index >= 15 is 0 Å². The van der Waals surface area contributed by atoms with Crippen LogP contribution in [-0.2, 0) is 5.75 Å². The summed E-state index contributed by atoms with van der Waals surface area (Å²) >= 11 is 1.54. The first-order valence-corrected chi connectivity index (χ1v) is 9.87. The molecule has 1 amide bonds. The van der Waals surface area contributed by atoms with E-state index in [0.29, 0.717) is 29.0 Å². The Balaban J connectivity index is 1.62. The summed E-state index contributed by atoms with van der Waals surface area (Å²) in [5.74, 6) is 1.27. The molecule has 5 heteroatoms. The van der Waals surface area contributed by atoms with Crippen LogP contribution in [0.4, 0.5) is 0 Å². The first-order valence-electron chi connectivity index (χ1n) is 8.89. The molecule has 3 aromatic rings. The highest BCUT2D eigenvalue weighted by molar-refractivity contribution is 7.98. The van der Waals surface area contributed by atoms with Crippen LogP contribution in [0.15, 0.2) is 52.1 Å². The normalized spacial score (nSPS) is 11.2. The molecular formula is C21H24N2O2S. The average molecular weight is 369 g/mol. The van der Waals surface area contributed by atoms with Gasteiger partial charge in [-0.1, -0.05) is 49.9 Å². The third-order valence-electron chi connectivity index (χ3n) is 4.16. The lowest BCUT2D eigenvalue weighted by atomic mass is 10.1. The maximum Gasteiger partial charge on any atom is 0.257 e.